The molecule has 0 bridgehead atoms. The number of nitrogens with zero attached hydrogens (tertiary/aromatic N) is 3. The molecule has 0 fully saturated rings. The van der Waals surface area contributed by atoms with Crippen molar-refractivity contribution in [1.82, 2.24) is 15.0 Å². The van der Waals surface area contributed by atoms with Crippen molar-refractivity contribution >= 4 is 97.0 Å². The molecule has 0 aliphatic carbocycles. The molecule has 13 aromatic rings. The topological polar surface area (TPSA) is 38.7 Å². The van der Waals surface area contributed by atoms with E-state index in [1.807, 2.05) is 0 Å². The van der Waals surface area contributed by atoms with E-state index in [1.165, 1.54) is 97.0 Å². The van der Waals surface area contributed by atoms with Crippen molar-refractivity contribution in [2.24, 2.45) is 0 Å². The van der Waals surface area contributed by atoms with E-state index in [2.05, 4.69) is 164 Å². The van der Waals surface area contributed by atoms with Crippen molar-refractivity contribution in [2.45, 2.75) is 0 Å². The third-order valence-electron chi connectivity index (χ3n) is 11.8. The predicted molar refractivity (Wildman–Crippen MR) is 227 cm³/mol. The van der Waals surface area contributed by atoms with E-state index < -0.39 is 0 Å². The van der Waals surface area contributed by atoms with Crippen LogP contribution in [-0.4, -0.2) is 15.0 Å². The SMILES string of the molecule is c1cc2ccc3cc(-c4nc(-c5cc6ccc7cccc8ccc(c5)c6c78)nc(-c5cc6ccc7cccc8ccc(c5)c6c78)n4)cc4ccc(c1)c2c34. The normalized spacial score (nSPS) is 12.4. The summed E-state index contributed by atoms with van der Waals surface area (Å²) in [4.78, 5) is 15.9. The van der Waals surface area contributed by atoms with Gasteiger partial charge < -0.3 is 0 Å². The molecule has 3 heteroatoms. The van der Waals surface area contributed by atoms with E-state index in [4.69, 9.17) is 15.0 Å². The Labute approximate surface area is 308 Å². The molecule has 0 N–H and O–H groups in total. The summed E-state index contributed by atoms with van der Waals surface area (Å²) in [6.07, 6.45) is 0. The molecular weight excluding hydrogens is 655 g/mol. The lowest BCUT2D eigenvalue weighted by atomic mass is 9.92. The first-order valence-corrected chi connectivity index (χ1v) is 18.5. The Bertz CT molecular complexity index is 3090. The van der Waals surface area contributed by atoms with E-state index in [9.17, 15) is 0 Å². The summed E-state index contributed by atoms with van der Waals surface area (Å²) < 4.78 is 0. The molecule has 0 radical (unpaired) electrons. The highest BCUT2D eigenvalue weighted by Crippen LogP contribution is 2.41. The van der Waals surface area contributed by atoms with Gasteiger partial charge in [-0.15, -0.1) is 0 Å². The van der Waals surface area contributed by atoms with Crippen molar-refractivity contribution in [1.29, 1.82) is 0 Å². The molecule has 0 unspecified atom stereocenters. The summed E-state index contributed by atoms with van der Waals surface area (Å²) in [6, 6.07) is 59.8. The van der Waals surface area contributed by atoms with E-state index >= 15 is 0 Å². The largest absolute Gasteiger partial charge is 0.208 e. The van der Waals surface area contributed by atoms with Gasteiger partial charge in [-0.05, 0) is 133 Å². The summed E-state index contributed by atoms with van der Waals surface area (Å²) in [7, 11) is 0. The van der Waals surface area contributed by atoms with Crippen LogP contribution in [0.3, 0.4) is 0 Å². The average Bonchev–Trinajstić information content (AvgIpc) is 3.23. The molecule has 1 aromatic heterocycles. The summed E-state index contributed by atoms with van der Waals surface area (Å²) >= 11 is 0. The second kappa shape index (κ2) is 10.2. The summed E-state index contributed by atoms with van der Waals surface area (Å²) in [5.74, 6) is 1.99. The zero-order valence-electron chi connectivity index (χ0n) is 28.9. The lowest BCUT2D eigenvalue weighted by molar-refractivity contribution is 1.08. The van der Waals surface area contributed by atoms with Gasteiger partial charge in [-0.1, -0.05) is 127 Å². The first kappa shape index (κ1) is 28.4. The fourth-order valence-corrected chi connectivity index (χ4v) is 9.41. The van der Waals surface area contributed by atoms with Gasteiger partial charge >= 0.3 is 0 Å². The van der Waals surface area contributed by atoms with Gasteiger partial charge in [0.05, 0.1) is 0 Å². The molecule has 13 rings (SSSR count). The van der Waals surface area contributed by atoms with Gasteiger partial charge in [0, 0.05) is 16.7 Å². The van der Waals surface area contributed by atoms with Crippen LogP contribution in [0.5, 0.6) is 0 Å². The van der Waals surface area contributed by atoms with Crippen molar-refractivity contribution in [3.8, 4) is 34.2 Å². The minimum atomic E-state index is 0.663. The second-order valence-electron chi connectivity index (χ2n) is 14.8. The summed E-state index contributed by atoms with van der Waals surface area (Å²) in [5, 5.41) is 22.4. The van der Waals surface area contributed by atoms with Crippen molar-refractivity contribution in [3.05, 3.63) is 164 Å². The molecule has 0 saturated carbocycles. The Morgan fingerprint density at radius 1 is 0.204 bits per heavy atom. The third kappa shape index (κ3) is 3.88. The maximum Gasteiger partial charge on any atom is 0.164 e. The number of hydrogen-bond acceptors (Lipinski definition) is 3. The summed E-state index contributed by atoms with van der Waals surface area (Å²) in [6.45, 7) is 0. The molecule has 0 aliphatic rings. The van der Waals surface area contributed by atoms with Crippen LogP contribution in [0.2, 0.25) is 0 Å². The van der Waals surface area contributed by atoms with Gasteiger partial charge in [-0.3, -0.25) is 0 Å². The Morgan fingerprint density at radius 2 is 0.389 bits per heavy atom. The second-order valence-corrected chi connectivity index (χ2v) is 14.8. The molecule has 246 valence electrons. The number of hydrogen-bond donors (Lipinski definition) is 0. The zero-order valence-corrected chi connectivity index (χ0v) is 28.9. The Hall–Kier alpha value is -7.23. The van der Waals surface area contributed by atoms with Crippen molar-refractivity contribution < 1.29 is 0 Å². The standard InChI is InChI=1S/C51H27N3/c1-4-28-10-16-34-22-40(23-35-17-11-29(5-1)43(28)46(34)35)49-52-50(41-24-36-18-12-30-6-2-7-31-13-19-37(25-41)47(36)44(30)31)54-51(53-49)42-26-38-20-14-32-8-3-9-33-15-21-39(27-42)48(38)45(32)33/h1-27H. The molecular formula is C51H27N3. The highest BCUT2D eigenvalue weighted by molar-refractivity contribution is 6.26. The van der Waals surface area contributed by atoms with E-state index in [0.29, 0.717) is 17.5 Å². The first-order chi connectivity index (χ1) is 26.7. The molecule has 0 atom stereocenters. The van der Waals surface area contributed by atoms with Crippen molar-refractivity contribution in [2.75, 3.05) is 0 Å². The van der Waals surface area contributed by atoms with Crippen LogP contribution in [-0.2, 0) is 0 Å². The molecule has 0 amide bonds. The van der Waals surface area contributed by atoms with E-state index in [1.54, 1.807) is 0 Å². The number of rotatable bonds is 3. The fourth-order valence-electron chi connectivity index (χ4n) is 9.41. The smallest absolute Gasteiger partial charge is 0.164 e. The van der Waals surface area contributed by atoms with Crippen LogP contribution in [0.4, 0.5) is 0 Å². The van der Waals surface area contributed by atoms with Gasteiger partial charge in [-0.2, -0.15) is 0 Å². The maximum atomic E-state index is 5.29. The number of benzene rings is 12. The van der Waals surface area contributed by atoms with Gasteiger partial charge in [0.2, 0.25) is 0 Å². The van der Waals surface area contributed by atoms with Gasteiger partial charge in [0.15, 0.2) is 17.5 Å². The maximum absolute atomic E-state index is 5.29. The molecule has 0 aliphatic heterocycles. The van der Waals surface area contributed by atoms with Crippen LogP contribution in [0.25, 0.3) is 131 Å². The zero-order chi connectivity index (χ0) is 35.1. The van der Waals surface area contributed by atoms with Crippen LogP contribution in [0.1, 0.15) is 0 Å². The van der Waals surface area contributed by atoms with Crippen LogP contribution >= 0.6 is 0 Å². The lowest BCUT2D eigenvalue weighted by Crippen LogP contribution is -2.01. The fraction of sp³-hybridized carbons (Fsp3) is 0. The van der Waals surface area contributed by atoms with Gasteiger partial charge in [-0.25, -0.2) is 15.0 Å². The van der Waals surface area contributed by atoms with Crippen LogP contribution < -0.4 is 0 Å². The van der Waals surface area contributed by atoms with E-state index in [-0.39, 0.29) is 0 Å². The van der Waals surface area contributed by atoms with Crippen LogP contribution in [0.15, 0.2) is 164 Å². The Kier molecular flexibility index (Phi) is 5.37. The highest BCUT2D eigenvalue weighted by Gasteiger charge is 2.19. The van der Waals surface area contributed by atoms with E-state index in [0.717, 1.165) is 16.7 Å². The minimum absolute atomic E-state index is 0.663. The highest BCUT2D eigenvalue weighted by atomic mass is 15.0. The Balaban J connectivity index is 1.08. The van der Waals surface area contributed by atoms with Crippen molar-refractivity contribution in [3.63, 3.8) is 0 Å². The Morgan fingerprint density at radius 3 is 0.611 bits per heavy atom. The third-order valence-corrected chi connectivity index (χ3v) is 11.8. The monoisotopic (exact) mass is 681 g/mol. The predicted octanol–water partition coefficient (Wildman–Crippen LogP) is 13.6. The van der Waals surface area contributed by atoms with Crippen LogP contribution in [0, 0.1) is 0 Å². The molecule has 3 nitrogen and oxygen atoms in total. The van der Waals surface area contributed by atoms with Gasteiger partial charge in [0.1, 0.15) is 0 Å². The molecule has 0 saturated heterocycles. The number of aromatic nitrogens is 3. The minimum Gasteiger partial charge on any atom is -0.208 e. The molecule has 1 heterocycles. The van der Waals surface area contributed by atoms with Gasteiger partial charge in [0.25, 0.3) is 0 Å². The molecule has 54 heavy (non-hydrogen) atoms. The first-order valence-electron chi connectivity index (χ1n) is 18.5. The average molecular weight is 682 g/mol. The molecule has 0 spiro atoms. The lowest BCUT2D eigenvalue weighted by Gasteiger charge is -2.15. The quantitative estimate of drug-likeness (QED) is 0.174. The summed E-state index contributed by atoms with van der Waals surface area (Å²) in [5.41, 5.74) is 2.92. The molecule has 12 aromatic carbocycles.